The van der Waals surface area contributed by atoms with Crippen molar-refractivity contribution in [2.75, 3.05) is 24.1 Å². The maximum absolute atomic E-state index is 12.4. The Morgan fingerprint density at radius 3 is 2.73 bits per heavy atom. The van der Waals surface area contributed by atoms with Gasteiger partial charge in [-0.3, -0.25) is 9.36 Å². The van der Waals surface area contributed by atoms with Gasteiger partial charge in [0.2, 0.25) is 12.7 Å². The van der Waals surface area contributed by atoms with Crippen LogP contribution >= 0.6 is 11.8 Å². The van der Waals surface area contributed by atoms with Crippen molar-refractivity contribution >= 4 is 27.5 Å². The van der Waals surface area contributed by atoms with E-state index in [0.717, 1.165) is 11.1 Å². The van der Waals surface area contributed by atoms with Crippen LogP contribution in [0.1, 0.15) is 12.0 Å². The van der Waals surface area contributed by atoms with E-state index in [4.69, 9.17) is 9.47 Å². The second kappa shape index (κ2) is 9.06. The summed E-state index contributed by atoms with van der Waals surface area (Å²) in [6, 6.07) is 15.2. The number of benzene rings is 2. The van der Waals surface area contributed by atoms with Gasteiger partial charge in [0.15, 0.2) is 32.3 Å². The first-order chi connectivity index (χ1) is 16.0. The molecule has 0 radical (unpaired) electrons. The molecule has 1 fully saturated rings. The van der Waals surface area contributed by atoms with E-state index in [0.29, 0.717) is 35.4 Å². The first kappa shape index (κ1) is 21.8. The van der Waals surface area contributed by atoms with Crippen LogP contribution in [0.2, 0.25) is 0 Å². The van der Waals surface area contributed by atoms with Crippen LogP contribution < -0.4 is 14.8 Å². The molecule has 1 aromatic heterocycles. The summed E-state index contributed by atoms with van der Waals surface area (Å²) in [4.78, 5) is 12.4. The number of hydrogen-bond donors (Lipinski definition) is 1. The lowest BCUT2D eigenvalue weighted by atomic mass is 10.2. The zero-order valence-corrected chi connectivity index (χ0v) is 19.3. The summed E-state index contributed by atoms with van der Waals surface area (Å²) in [6.07, 6.45) is 0.456. The van der Waals surface area contributed by atoms with Crippen LogP contribution in [0.3, 0.4) is 0 Å². The van der Waals surface area contributed by atoms with Gasteiger partial charge in [-0.2, -0.15) is 0 Å². The van der Waals surface area contributed by atoms with Gasteiger partial charge in [-0.1, -0.05) is 48.2 Å². The minimum atomic E-state index is -3.05. The molecule has 1 amide bonds. The highest BCUT2D eigenvalue weighted by atomic mass is 32.2. The van der Waals surface area contributed by atoms with Gasteiger partial charge in [0, 0.05) is 11.6 Å². The SMILES string of the molecule is O=C(CSc1nnc(-c2ccccc2)n1Cc1ccc2c(c1)OCO2)N[C@@H]1CCS(=O)(=O)C1. The first-order valence-electron chi connectivity index (χ1n) is 10.5. The third-order valence-corrected chi connectivity index (χ3v) is 8.19. The largest absolute Gasteiger partial charge is 0.454 e. The monoisotopic (exact) mass is 486 g/mol. The molecule has 1 atom stereocenters. The number of aromatic nitrogens is 3. The summed E-state index contributed by atoms with van der Waals surface area (Å²) in [6.45, 7) is 0.692. The summed E-state index contributed by atoms with van der Waals surface area (Å²) in [5.41, 5.74) is 1.90. The number of nitrogens with zero attached hydrogens (tertiary/aromatic N) is 3. The fourth-order valence-electron chi connectivity index (χ4n) is 3.87. The number of carbonyl (C=O) groups is 1. The molecule has 2 aliphatic heterocycles. The molecule has 11 heteroatoms. The number of fused-ring (bicyclic) bond motifs is 1. The summed E-state index contributed by atoms with van der Waals surface area (Å²) in [7, 11) is -3.05. The molecular formula is C22H22N4O5S2. The lowest BCUT2D eigenvalue weighted by molar-refractivity contribution is -0.119. The number of carbonyl (C=O) groups excluding carboxylic acids is 1. The van der Waals surface area contributed by atoms with E-state index in [1.54, 1.807) is 0 Å². The van der Waals surface area contributed by atoms with Crippen LogP contribution in [-0.4, -0.2) is 59.2 Å². The molecule has 1 saturated heterocycles. The Labute approximate surface area is 195 Å². The molecule has 0 aliphatic carbocycles. The van der Waals surface area contributed by atoms with Gasteiger partial charge >= 0.3 is 0 Å². The van der Waals surface area contributed by atoms with Crippen LogP contribution in [0.25, 0.3) is 11.4 Å². The first-order valence-corrected chi connectivity index (χ1v) is 13.3. The van der Waals surface area contributed by atoms with E-state index in [2.05, 4.69) is 15.5 Å². The summed E-state index contributed by atoms with van der Waals surface area (Å²) in [5, 5.41) is 12.1. The van der Waals surface area contributed by atoms with E-state index in [9.17, 15) is 13.2 Å². The molecule has 33 heavy (non-hydrogen) atoms. The average molecular weight is 487 g/mol. The Morgan fingerprint density at radius 1 is 1.12 bits per heavy atom. The molecule has 1 N–H and O–H groups in total. The van der Waals surface area contributed by atoms with Crippen molar-refractivity contribution in [3.8, 4) is 22.9 Å². The van der Waals surface area contributed by atoms with Crippen molar-refractivity contribution in [1.82, 2.24) is 20.1 Å². The van der Waals surface area contributed by atoms with Crippen LogP contribution in [0, 0.1) is 0 Å². The molecule has 9 nitrogen and oxygen atoms in total. The standard InChI is InChI=1S/C22H22N4O5S2/c27-20(23-17-8-9-33(28,29)13-17)12-32-22-25-24-21(16-4-2-1-3-5-16)26(22)11-15-6-7-18-19(10-15)31-14-30-18/h1-7,10,17H,8-9,11-14H2,(H,23,27)/t17-/m1/s1. The molecule has 0 bridgehead atoms. The quantitative estimate of drug-likeness (QED) is 0.506. The number of sulfone groups is 1. The predicted octanol–water partition coefficient (Wildman–Crippen LogP) is 2.12. The van der Waals surface area contributed by atoms with Crippen molar-refractivity contribution in [1.29, 1.82) is 0 Å². The Balaban J connectivity index is 1.34. The molecule has 0 unspecified atom stereocenters. The second-order valence-electron chi connectivity index (χ2n) is 7.90. The molecule has 3 aromatic rings. The summed E-state index contributed by atoms with van der Waals surface area (Å²) in [5.74, 6) is 2.12. The fourth-order valence-corrected chi connectivity index (χ4v) is 6.29. The van der Waals surface area contributed by atoms with Gasteiger partial charge in [0.05, 0.1) is 23.8 Å². The molecule has 5 rings (SSSR count). The smallest absolute Gasteiger partial charge is 0.231 e. The minimum Gasteiger partial charge on any atom is -0.454 e. The number of rotatable bonds is 7. The number of ether oxygens (including phenoxy) is 2. The van der Waals surface area contributed by atoms with E-state index in [-0.39, 0.29) is 36.0 Å². The highest BCUT2D eigenvalue weighted by molar-refractivity contribution is 7.99. The van der Waals surface area contributed by atoms with E-state index < -0.39 is 9.84 Å². The minimum absolute atomic E-state index is 0.00184. The molecule has 3 heterocycles. The number of hydrogen-bond acceptors (Lipinski definition) is 8. The second-order valence-corrected chi connectivity index (χ2v) is 11.1. The van der Waals surface area contributed by atoms with Crippen LogP contribution in [0.5, 0.6) is 11.5 Å². The van der Waals surface area contributed by atoms with Gasteiger partial charge in [-0.15, -0.1) is 10.2 Å². The van der Waals surface area contributed by atoms with E-state index in [1.165, 1.54) is 11.8 Å². The van der Waals surface area contributed by atoms with Crippen LogP contribution in [0.4, 0.5) is 0 Å². The molecule has 0 spiro atoms. The van der Waals surface area contributed by atoms with E-state index >= 15 is 0 Å². The zero-order valence-electron chi connectivity index (χ0n) is 17.6. The highest BCUT2D eigenvalue weighted by Crippen LogP contribution is 2.33. The van der Waals surface area contributed by atoms with Crippen molar-refractivity contribution in [2.45, 2.75) is 24.2 Å². The fraction of sp³-hybridized carbons (Fsp3) is 0.318. The molecule has 172 valence electrons. The number of thioether (sulfide) groups is 1. The topological polar surface area (TPSA) is 112 Å². The van der Waals surface area contributed by atoms with Crippen molar-refractivity contribution in [3.05, 3.63) is 54.1 Å². The third kappa shape index (κ3) is 4.98. The van der Waals surface area contributed by atoms with E-state index in [1.807, 2.05) is 53.1 Å². The van der Waals surface area contributed by atoms with Crippen LogP contribution in [-0.2, 0) is 21.2 Å². The maximum Gasteiger partial charge on any atom is 0.231 e. The van der Waals surface area contributed by atoms with Gasteiger partial charge in [-0.05, 0) is 24.1 Å². The zero-order chi connectivity index (χ0) is 22.8. The average Bonchev–Trinajstić information content (AvgIpc) is 3.51. The molecule has 2 aromatic carbocycles. The predicted molar refractivity (Wildman–Crippen MR) is 123 cm³/mol. The molecule has 0 saturated carbocycles. The molecule has 2 aliphatic rings. The van der Waals surface area contributed by atoms with Crippen molar-refractivity contribution in [3.63, 3.8) is 0 Å². The Hall–Kier alpha value is -3.05. The van der Waals surface area contributed by atoms with Crippen LogP contribution in [0.15, 0.2) is 53.7 Å². The number of amides is 1. The van der Waals surface area contributed by atoms with Gasteiger partial charge < -0.3 is 14.8 Å². The van der Waals surface area contributed by atoms with Gasteiger partial charge in [0.1, 0.15) is 0 Å². The lowest BCUT2D eigenvalue weighted by Crippen LogP contribution is -2.36. The van der Waals surface area contributed by atoms with Gasteiger partial charge in [-0.25, -0.2) is 8.42 Å². The normalized spacial score (nSPS) is 18.4. The lowest BCUT2D eigenvalue weighted by Gasteiger charge is -2.12. The maximum atomic E-state index is 12.4. The third-order valence-electron chi connectivity index (χ3n) is 5.46. The Bertz CT molecular complexity index is 1280. The Morgan fingerprint density at radius 2 is 1.94 bits per heavy atom. The highest BCUT2D eigenvalue weighted by Gasteiger charge is 2.29. The van der Waals surface area contributed by atoms with Gasteiger partial charge in [0.25, 0.3) is 0 Å². The van der Waals surface area contributed by atoms with Crippen molar-refractivity contribution in [2.24, 2.45) is 0 Å². The van der Waals surface area contributed by atoms with Crippen molar-refractivity contribution < 1.29 is 22.7 Å². The summed E-state index contributed by atoms with van der Waals surface area (Å²) >= 11 is 1.27. The summed E-state index contributed by atoms with van der Waals surface area (Å²) < 4.78 is 36.1. The molecular weight excluding hydrogens is 464 g/mol. The number of nitrogens with one attached hydrogen (secondary N) is 1. The Kier molecular flexibility index (Phi) is 5.98.